The second-order valence-electron chi connectivity index (χ2n) is 4.43. The SMILES string of the molecule is Cc1cc(C)c(C(O)c2ccc(I)cc2)c(F)c1. The van der Waals surface area contributed by atoms with Gasteiger partial charge in [-0.25, -0.2) is 4.39 Å². The van der Waals surface area contributed by atoms with Crippen molar-refractivity contribution in [3.63, 3.8) is 0 Å². The number of aryl methyl sites for hydroxylation is 2. The van der Waals surface area contributed by atoms with Gasteiger partial charge in [-0.1, -0.05) is 18.2 Å². The van der Waals surface area contributed by atoms with Crippen LogP contribution in [0.4, 0.5) is 4.39 Å². The van der Waals surface area contributed by atoms with Crippen LogP contribution in [0, 0.1) is 23.2 Å². The molecule has 2 aromatic rings. The second-order valence-corrected chi connectivity index (χ2v) is 5.68. The lowest BCUT2D eigenvalue weighted by Gasteiger charge is -2.16. The molecule has 2 rings (SSSR count). The van der Waals surface area contributed by atoms with Crippen LogP contribution >= 0.6 is 22.6 Å². The van der Waals surface area contributed by atoms with Gasteiger partial charge in [0.05, 0.1) is 0 Å². The first-order chi connectivity index (χ1) is 8.49. The monoisotopic (exact) mass is 356 g/mol. The van der Waals surface area contributed by atoms with E-state index in [1.165, 1.54) is 6.07 Å². The lowest BCUT2D eigenvalue weighted by atomic mass is 9.95. The highest BCUT2D eigenvalue weighted by atomic mass is 127. The van der Waals surface area contributed by atoms with E-state index in [0.29, 0.717) is 11.1 Å². The highest BCUT2D eigenvalue weighted by Crippen LogP contribution is 2.28. The third-order valence-electron chi connectivity index (χ3n) is 2.94. The predicted molar refractivity (Wildman–Crippen MR) is 79.1 cm³/mol. The molecule has 18 heavy (non-hydrogen) atoms. The van der Waals surface area contributed by atoms with E-state index in [4.69, 9.17) is 0 Å². The molecule has 0 bridgehead atoms. The molecular formula is C15H14FIO. The maximum atomic E-state index is 14.0. The molecule has 0 amide bonds. The van der Waals surface area contributed by atoms with Crippen LogP contribution in [0.1, 0.15) is 28.4 Å². The van der Waals surface area contributed by atoms with E-state index < -0.39 is 6.10 Å². The Balaban J connectivity index is 2.46. The van der Waals surface area contributed by atoms with E-state index in [0.717, 1.165) is 14.7 Å². The molecule has 0 heterocycles. The fourth-order valence-electron chi connectivity index (χ4n) is 2.08. The molecule has 0 fully saturated rings. The number of benzene rings is 2. The zero-order chi connectivity index (χ0) is 13.3. The number of hydrogen-bond donors (Lipinski definition) is 1. The quantitative estimate of drug-likeness (QED) is 0.803. The lowest BCUT2D eigenvalue weighted by molar-refractivity contribution is 0.214. The molecule has 0 aliphatic carbocycles. The number of aliphatic hydroxyl groups excluding tert-OH is 1. The van der Waals surface area contributed by atoms with Gasteiger partial charge in [0, 0.05) is 9.13 Å². The van der Waals surface area contributed by atoms with Gasteiger partial charge >= 0.3 is 0 Å². The predicted octanol–water partition coefficient (Wildman–Crippen LogP) is 4.13. The summed E-state index contributed by atoms with van der Waals surface area (Å²) in [7, 11) is 0. The van der Waals surface area contributed by atoms with Crippen LogP contribution in [-0.4, -0.2) is 5.11 Å². The van der Waals surface area contributed by atoms with Gasteiger partial charge in [-0.05, 0) is 71.3 Å². The molecular weight excluding hydrogens is 342 g/mol. The summed E-state index contributed by atoms with van der Waals surface area (Å²) in [5.41, 5.74) is 2.71. The Morgan fingerprint density at radius 2 is 1.72 bits per heavy atom. The number of hydrogen-bond acceptors (Lipinski definition) is 1. The van der Waals surface area contributed by atoms with Crippen molar-refractivity contribution < 1.29 is 9.50 Å². The molecule has 3 heteroatoms. The van der Waals surface area contributed by atoms with E-state index in [9.17, 15) is 9.50 Å². The minimum absolute atomic E-state index is 0.349. The zero-order valence-electron chi connectivity index (χ0n) is 10.2. The van der Waals surface area contributed by atoms with Gasteiger partial charge in [0.1, 0.15) is 11.9 Å². The van der Waals surface area contributed by atoms with Crippen molar-refractivity contribution in [2.24, 2.45) is 0 Å². The van der Waals surface area contributed by atoms with Gasteiger partial charge in [-0.2, -0.15) is 0 Å². The average Bonchev–Trinajstić information content (AvgIpc) is 2.28. The standard InChI is InChI=1S/C15H14FIO/c1-9-7-10(2)14(13(16)8-9)15(18)11-3-5-12(17)6-4-11/h3-8,15,18H,1-2H3. The Labute approximate surface area is 120 Å². The number of aliphatic hydroxyl groups is 1. The van der Waals surface area contributed by atoms with Gasteiger partial charge in [-0.15, -0.1) is 0 Å². The van der Waals surface area contributed by atoms with E-state index >= 15 is 0 Å². The molecule has 0 aliphatic heterocycles. The van der Waals surface area contributed by atoms with Crippen molar-refractivity contribution in [2.75, 3.05) is 0 Å². The molecule has 0 saturated heterocycles. The molecule has 1 N–H and O–H groups in total. The van der Waals surface area contributed by atoms with Crippen molar-refractivity contribution >= 4 is 22.6 Å². The van der Waals surface area contributed by atoms with E-state index in [-0.39, 0.29) is 5.82 Å². The molecule has 94 valence electrons. The molecule has 0 radical (unpaired) electrons. The summed E-state index contributed by atoms with van der Waals surface area (Å²) >= 11 is 2.20. The highest BCUT2D eigenvalue weighted by molar-refractivity contribution is 14.1. The maximum absolute atomic E-state index is 14.0. The first kappa shape index (κ1) is 13.5. The number of rotatable bonds is 2. The largest absolute Gasteiger partial charge is 0.384 e. The molecule has 0 aliphatic rings. The summed E-state index contributed by atoms with van der Waals surface area (Å²) in [5, 5.41) is 10.3. The fourth-order valence-corrected chi connectivity index (χ4v) is 2.44. The third-order valence-corrected chi connectivity index (χ3v) is 3.66. The summed E-state index contributed by atoms with van der Waals surface area (Å²) in [6, 6.07) is 10.8. The average molecular weight is 356 g/mol. The molecule has 1 atom stereocenters. The number of halogens is 2. The van der Waals surface area contributed by atoms with Crippen LogP contribution in [-0.2, 0) is 0 Å². The van der Waals surface area contributed by atoms with Crippen LogP contribution in [0.2, 0.25) is 0 Å². The molecule has 0 aromatic heterocycles. The minimum Gasteiger partial charge on any atom is -0.384 e. The van der Waals surface area contributed by atoms with Gasteiger partial charge in [0.2, 0.25) is 0 Å². The first-order valence-corrected chi connectivity index (χ1v) is 6.77. The van der Waals surface area contributed by atoms with Crippen molar-refractivity contribution in [3.8, 4) is 0 Å². The molecule has 2 aromatic carbocycles. The molecule has 1 unspecified atom stereocenters. The van der Waals surface area contributed by atoms with Crippen molar-refractivity contribution in [3.05, 3.63) is 68.0 Å². The minimum atomic E-state index is -0.914. The molecule has 1 nitrogen and oxygen atoms in total. The topological polar surface area (TPSA) is 20.2 Å². The normalized spacial score (nSPS) is 12.5. The zero-order valence-corrected chi connectivity index (χ0v) is 12.4. The summed E-state index contributed by atoms with van der Waals surface area (Å²) in [5.74, 6) is -0.349. The highest BCUT2D eigenvalue weighted by Gasteiger charge is 2.17. The van der Waals surface area contributed by atoms with Crippen LogP contribution in [0.15, 0.2) is 36.4 Å². The maximum Gasteiger partial charge on any atom is 0.129 e. The lowest BCUT2D eigenvalue weighted by Crippen LogP contribution is -2.05. The van der Waals surface area contributed by atoms with Gasteiger partial charge in [0.25, 0.3) is 0 Å². The van der Waals surface area contributed by atoms with Crippen LogP contribution < -0.4 is 0 Å². The Morgan fingerprint density at radius 1 is 1.11 bits per heavy atom. The Morgan fingerprint density at radius 3 is 2.28 bits per heavy atom. The third kappa shape index (κ3) is 2.72. The first-order valence-electron chi connectivity index (χ1n) is 5.69. The fraction of sp³-hybridized carbons (Fsp3) is 0.200. The Kier molecular flexibility index (Phi) is 4.02. The summed E-state index contributed by atoms with van der Waals surface area (Å²) < 4.78 is 15.1. The van der Waals surface area contributed by atoms with Crippen molar-refractivity contribution in [1.29, 1.82) is 0 Å². The summed E-state index contributed by atoms with van der Waals surface area (Å²) in [4.78, 5) is 0. The Hall–Kier alpha value is -0.940. The molecule has 0 saturated carbocycles. The smallest absolute Gasteiger partial charge is 0.129 e. The van der Waals surface area contributed by atoms with Gasteiger partial charge in [0.15, 0.2) is 0 Å². The second kappa shape index (κ2) is 5.36. The van der Waals surface area contributed by atoms with Gasteiger partial charge in [-0.3, -0.25) is 0 Å². The van der Waals surface area contributed by atoms with Crippen molar-refractivity contribution in [1.82, 2.24) is 0 Å². The summed E-state index contributed by atoms with van der Waals surface area (Å²) in [6.07, 6.45) is -0.914. The van der Waals surface area contributed by atoms with Gasteiger partial charge < -0.3 is 5.11 Å². The summed E-state index contributed by atoms with van der Waals surface area (Å²) in [6.45, 7) is 3.67. The Bertz CT molecular complexity index is 540. The van der Waals surface area contributed by atoms with Crippen LogP contribution in [0.25, 0.3) is 0 Å². The van der Waals surface area contributed by atoms with E-state index in [2.05, 4.69) is 22.6 Å². The van der Waals surface area contributed by atoms with Crippen molar-refractivity contribution in [2.45, 2.75) is 20.0 Å². The van der Waals surface area contributed by atoms with E-state index in [1.54, 1.807) is 0 Å². The van der Waals surface area contributed by atoms with E-state index in [1.807, 2.05) is 44.2 Å². The van der Waals surface area contributed by atoms with Crippen LogP contribution in [0.5, 0.6) is 0 Å². The van der Waals surface area contributed by atoms with Crippen LogP contribution in [0.3, 0.4) is 0 Å². The molecule has 0 spiro atoms.